The maximum Gasteiger partial charge on any atom is 0.225 e. The minimum atomic E-state index is -1.25. The summed E-state index contributed by atoms with van der Waals surface area (Å²) in [7, 11) is 0. The van der Waals surface area contributed by atoms with Crippen LogP contribution in [0.4, 0.5) is 0 Å². The van der Waals surface area contributed by atoms with Crippen molar-refractivity contribution in [2.75, 3.05) is 19.8 Å². The van der Waals surface area contributed by atoms with Gasteiger partial charge in [0.1, 0.15) is 12.8 Å². The number of hydrogen-bond donors (Lipinski definition) is 6. The Labute approximate surface area is 308 Å². The number of ketones is 1. The smallest absolute Gasteiger partial charge is 0.225 e. The molecule has 0 bridgehead atoms. The number of aliphatic hydroxyl groups excluding tert-OH is 3. The highest BCUT2D eigenvalue weighted by atomic mass is 16.5. The Balaban J connectivity index is 1.48. The van der Waals surface area contributed by atoms with Crippen molar-refractivity contribution >= 4 is 11.7 Å². The van der Waals surface area contributed by atoms with Crippen molar-refractivity contribution in [1.29, 1.82) is 0 Å². The normalized spacial score (nSPS) is 32.4. The molecule has 7 N–H and O–H groups in total. The zero-order valence-electron chi connectivity index (χ0n) is 30.9. The van der Waals surface area contributed by atoms with Crippen molar-refractivity contribution in [1.82, 2.24) is 5.32 Å². The maximum atomic E-state index is 14.1. The summed E-state index contributed by atoms with van der Waals surface area (Å²) >= 11 is 0. The summed E-state index contributed by atoms with van der Waals surface area (Å²) in [6.07, 6.45) is 9.38. The zero-order chi connectivity index (χ0) is 37.6. The Morgan fingerprint density at radius 1 is 1.21 bits per heavy atom. The highest BCUT2D eigenvalue weighted by Crippen LogP contribution is 2.63. The molecule has 9 nitrogen and oxygen atoms in total. The summed E-state index contributed by atoms with van der Waals surface area (Å²) in [5.74, 6) is 5.24. The third-order valence-corrected chi connectivity index (χ3v) is 12.1. The van der Waals surface area contributed by atoms with E-state index in [0.717, 1.165) is 33.4 Å². The number of carbonyl (C=O) groups is 2. The second-order valence-corrected chi connectivity index (χ2v) is 15.3. The fraction of sp³-hybridized carbons (Fsp3) is 0.535. The number of benzene rings is 1. The van der Waals surface area contributed by atoms with E-state index < -0.39 is 29.4 Å². The van der Waals surface area contributed by atoms with Gasteiger partial charge >= 0.3 is 0 Å². The van der Waals surface area contributed by atoms with Crippen LogP contribution >= 0.6 is 0 Å². The van der Waals surface area contributed by atoms with Crippen LogP contribution in [0, 0.1) is 29.1 Å². The Morgan fingerprint density at radius 3 is 2.77 bits per heavy atom. The number of nitrogens with one attached hydrogen (secondary N) is 1. The lowest BCUT2D eigenvalue weighted by Gasteiger charge is -2.55. The number of amides is 1. The predicted molar refractivity (Wildman–Crippen MR) is 201 cm³/mol. The molecule has 0 aromatic heterocycles. The molecule has 0 radical (unpaired) electrons. The molecule has 4 aliphatic rings. The van der Waals surface area contributed by atoms with Gasteiger partial charge in [-0.15, -0.1) is 0 Å². The van der Waals surface area contributed by atoms with Crippen LogP contribution in [-0.4, -0.2) is 69.7 Å². The lowest BCUT2D eigenvalue weighted by atomic mass is 9.52. The van der Waals surface area contributed by atoms with E-state index in [2.05, 4.69) is 23.7 Å². The van der Waals surface area contributed by atoms with Gasteiger partial charge in [-0.3, -0.25) is 9.59 Å². The van der Waals surface area contributed by atoms with Gasteiger partial charge < -0.3 is 36.2 Å². The van der Waals surface area contributed by atoms with Crippen LogP contribution in [0.25, 0.3) is 0 Å². The first-order valence-electron chi connectivity index (χ1n) is 18.6. The fourth-order valence-corrected chi connectivity index (χ4v) is 9.03. The van der Waals surface area contributed by atoms with Crippen LogP contribution in [0.5, 0.6) is 0 Å². The minimum absolute atomic E-state index is 0.0530. The van der Waals surface area contributed by atoms with E-state index in [-0.39, 0.29) is 56.2 Å². The molecule has 1 aromatic carbocycles. The molecule has 2 heterocycles. The summed E-state index contributed by atoms with van der Waals surface area (Å²) in [6, 6.07) is 5.61. The van der Waals surface area contributed by atoms with Gasteiger partial charge in [0.25, 0.3) is 0 Å². The minimum Gasteiger partial charge on any atom is -0.396 e. The lowest BCUT2D eigenvalue weighted by Crippen LogP contribution is -2.59. The summed E-state index contributed by atoms with van der Waals surface area (Å²) in [6.45, 7) is 10.1. The molecule has 2 saturated carbocycles. The van der Waals surface area contributed by atoms with Crippen molar-refractivity contribution in [2.24, 2.45) is 23.0 Å². The number of aliphatic hydroxyl groups is 4. The molecular weight excluding hydrogens is 656 g/mol. The molecule has 2 fully saturated rings. The number of nitrogens with two attached hydrogens (primary N) is 1. The predicted octanol–water partition coefficient (Wildman–Crippen LogP) is 4.59. The van der Waals surface area contributed by atoms with E-state index in [1.165, 1.54) is 0 Å². The molecule has 5 rings (SSSR count). The van der Waals surface area contributed by atoms with Gasteiger partial charge in [-0.2, -0.15) is 0 Å². The van der Waals surface area contributed by atoms with Crippen LogP contribution in [-0.2, 0) is 27.2 Å². The fourth-order valence-electron chi connectivity index (χ4n) is 9.03. The molecule has 7 unspecified atom stereocenters. The molecule has 1 spiro atoms. The van der Waals surface area contributed by atoms with Gasteiger partial charge in [0, 0.05) is 30.8 Å². The van der Waals surface area contributed by atoms with Crippen molar-refractivity contribution in [2.45, 2.75) is 109 Å². The van der Waals surface area contributed by atoms with E-state index in [1.54, 1.807) is 13.0 Å². The second-order valence-electron chi connectivity index (χ2n) is 15.3. The van der Waals surface area contributed by atoms with Crippen LogP contribution in [0.15, 0.2) is 76.9 Å². The standard InChI is InChI=1S/C43H56N2O7/c1-27-10-5-6-23-52-26-31(13-7-11-28(2)37(47)17-16-27)33-19-21-43(40(33)50)36(15-9-22-46)32(18-20-42(43,4)51)29(3)38(48)24-30-12-8-14-34-35(30)25-39(49)45-41(34)44/h7-8,11-14,16,33,36-37,40-41,46-47,50-51H,2,9-10,15,17-26,44H2,1,3-4H3,(H,45,49). The highest BCUT2D eigenvalue weighted by molar-refractivity contribution is 5.97. The lowest BCUT2D eigenvalue weighted by molar-refractivity contribution is -0.167. The van der Waals surface area contributed by atoms with E-state index >= 15 is 0 Å². The Kier molecular flexibility index (Phi) is 13.0. The van der Waals surface area contributed by atoms with E-state index in [4.69, 9.17) is 10.5 Å². The Bertz CT molecular complexity index is 1720. The van der Waals surface area contributed by atoms with E-state index in [9.17, 15) is 30.0 Å². The van der Waals surface area contributed by atoms with Crippen molar-refractivity contribution in [3.63, 3.8) is 0 Å². The van der Waals surface area contributed by atoms with Crippen LogP contribution in [0.2, 0.25) is 0 Å². The molecule has 7 atom stereocenters. The van der Waals surface area contributed by atoms with Gasteiger partial charge in [-0.1, -0.05) is 72.1 Å². The summed E-state index contributed by atoms with van der Waals surface area (Å²) < 4.78 is 6.03. The largest absolute Gasteiger partial charge is 0.396 e. The monoisotopic (exact) mass is 712 g/mol. The summed E-state index contributed by atoms with van der Waals surface area (Å²) in [4.78, 5) is 26.5. The van der Waals surface area contributed by atoms with Gasteiger partial charge in [-0.25, -0.2) is 0 Å². The zero-order valence-corrected chi connectivity index (χ0v) is 30.9. The topological polar surface area (TPSA) is 162 Å². The molecule has 280 valence electrons. The SMILES string of the molecule is C=C1C=CC=C(C2CCC3(C(CCCO)C(=C(C)C(=O)Cc4cccc5c4CC(=O)NC5N)CCC3(C)O)C2O)COCC#CCC(C)=CCC1O. The number of hydrogen-bond acceptors (Lipinski definition) is 8. The molecule has 2 aliphatic carbocycles. The summed E-state index contributed by atoms with van der Waals surface area (Å²) in [5, 5.41) is 48.2. The average molecular weight is 713 g/mol. The van der Waals surface area contributed by atoms with Crippen LogP contribution in [0.1, 0.15) is 95.0 Å². The van der Waals surface area contributed by atoms with Gasteiger partial charge in [0.15, 0.2) is 5.78 Å². The van der Waals surface area contributed by atoms with Gasteiger partial charge in [-0.05, 0) is 105 Å². The number of ether oxygens (including phenoxy) is 1. The van der Waals surface area contributed by atoms with Crippen LogP contribution < -0.4 is 11.1 Å². The molecule has 1 amide bonds. The number of carbonyl (C=O) groups excluding carboxylic acids is 2. The number of rotatable bonds is 7. The molecule has 2 aliphatic heterocycles. The highest BCUT2D eigenvalue weighted by Gasteiger charge is 2.64. The molecule has 9 heteroatoms. The Hall–Kier alpha value is -3.62. The Morgan fingerprint density at radius 2 is 2.00 bits per heavy atom. The van der Waals surface area contributed by atoms with E-state index in [0.29, 0.717) is 62.5 Å². The number of allylic oxidation sites excluding steroid dienone is 5. The van der Waals surface area contributed by atoms with Crippen molar-refractivity contribution in [3.05, 3.63) is 93.6 Å². The second kappa shape index (κ2) is 17.0. The van der Waals surface area contributed by atoms with Crippen molar-refractivity contribution in [3.8, 4) is 11.8 Å². The molecule has 0 saturated heterocycles. The quantitative estimate of drug-likeness (QED) is 0.136. The third-order valence-electron chi connectivity index (χ3n) is 12.1. The first-order chi connectivity index (χ1) is 24.8. The van der Waals surface area contributed by atoms with Crippen LogP contribution in [0.3, 0.4) is 0 Å². The summed E-state index contributed by atoms with van der Waals surface area (Å²) in [5.41, 5.74) is 10.3. The van der Waals surface area contributed by atoms with Gasteiger partial charge in [0.2, 0.25) is 5.91 Å². The molecule has 52 heavy (non-hydrogen) atoms. The van der Waals surface area contributed by atoms with Crippen molar-refractivity contribution < 1.29 is 34.8 Å². The first kappa shape index (κ1) is 39.6. The third kappa shape index (κ3) is 8.28. The number of Topliss-reactive ketones (excluding diaryl/α,β-unsaturated/α-hetero) is 1. The number of fused-ring (bicyclic) bond motifs is 1. The average Bonchev–Trinajstić information content (AvgIpc) is 3.45. The maximum absolute atomic E-state index is 14.1. The molecule has 1 aromatic rings. The first-order valence-corrected chi connectivity index (χ1v) is 18.6. The molecular formula is C43H56N2O7. The van der Waals surface area contributed by atoms with Gasteiger partial charge in [0.05, 0.1) is 30.8 Å². The van der Waals surface area contributed by atoms with E-state index in [1.807, 2.05) is 50.3 Å².